The van der Waals surface area contributed by atoms with E-state index in [1.807, 2.05) is 16.2 Å². The second-order valence-electron chi connectivity index (χ2n) is 5.97. The van der Waals surface area contributed by atoms with Crippen molar-refractivity contribution in [2.75, 3.05) is 11.4 Å². The Kier molecular flexibility index (Phi) is 3.43. The number of thiophene rings is 1. The van der Waals surface area contributed by atoms with Crippen LogP contribution in [-0.2, 0) is 11.3 Å². The maximum Gasteiger partial charge on any atom is 0.229 e. The van der Waals surface area contributed by atoms with E-state index in [0.29, 0.717) is 12.5 Å². The summed E-state index contributed by atoms with van der Waals surface area (Å²) in [5.74, 6) is 0.192. The van der Waals surface area contributed by atoms with Crippen LogP contribution in [0.3, 0.4) is 0 Å². The van der Waals surface area contributed by atoms with Gasteiger partial charge in [-0.05, 0) is 25.5 Å². The van der Waals surface area contributed by atoms with Crippen molar-refractivity contribution in [1.82, 2.24) is 14.9 Å². The van der Waals surface area contributed by atoms with Gasteiger partial charge in [-0.2, -0.15) is 0 Å². The van der Waals surface area contributed by atoms with E-state index in [1.165, 1.54) is 16.1 Å². The fourth-order valence-corrected chi connectivity index (χ4v) is 4.56. The molecule has 0 aliphatic carbocycles. The van der Waals surface area contributed by atoms with E-state index in [-0.39, 0.29) is 11.9 Å². The third kappa shape index (κ3) is 2.32. The third-order valence-corrected chi connectivity index (χ3v) is 5.57. The maximum atomic E-state index is 12.4. The number of carbonyl (C=O) groups is 1. The highest BCUT2D eigenvalue weighted by atomic mass is 32.1. The Labute approximate surface area is 133 Å². The number of aromatic nitrogens is 2. The molecular formula is C16H18N4OS. The second-order valence-corrected chi connectivity index (χ2v) is 7.34. The normalized spacial score (nSPS) is 25.0. The Morgan fingerprint density at radius 2 is 2.09 bits per heavy atom. The quantitative estimate of drug-likeness (QED) is 0.872. The molecule has 4 heterocycles. The lowest BCUT2D eigenvalue weighted by Gasteiger charge is -2.24. The number of fused-ring (bicyclic) bond motifs is 1. The van der Waals surface area contributed by atoms with Crippen molar-refractivity contribution < 1.29 is 4.79 Å². The molecule has 0 unspecified atom stereocenters. The zero-order valence-electron chi connectivity index (χ0n) is 12.5. The van der Waals surface area contributed by atoms with Gasteiger partial charge in [0.25, 0.3) is 0 Å². The molecule has 2 fully saturated rings. The summed E-state index contributed by atoms with van der Waals surface area (Å²) >= 11 is 1.85. The monoisotopic (exact) mass is 314 g/mol. The van der Waals surface area contributed by atoms with Crippen LogP contribution in [0.5, 0.6) is 0 Å². The fraction of sp³-hybridized carbons (Fsp3) is 0.438. The number of hydrogen-bond acceptors (Lipinski definition) is 5. The predicted octanol–water partition coefficient (Wildman–Crippen LogP) is 2.23. The number of nitrogens with zero attached hydrogens (tertiary/aromatic N) is 4. The van der Waals surface area contributed by atoms with Crippen LogP contribution < -0.4 is 4.90 Å². The van der Waals surface area contributed by atoms with E-state index in [4.69, 9.17) is 0 Å². The summed E-state index contributed by atoms with van der Waals surface area (Å²) < 4.78 is 0. The molecule has 2 aromatic rings. The van der Waals surface area contributed by atoms with Crippen LogP contribution in [0.1, 0.15) is 22.6 Å². The van der Waals surface area contributed by atoms with Gasteiger partial charge in [0.15, 0.2) is 0 Å². The Morgan fingerprint density at radius 3 is 2.82 bits per heavy atom. The number of hydrogen-bond donors (Lipinski definition) is 0. The van der Waals surface area contributed by atoms with E-state index < -0.39 is 0 Å². The third-order valence-electron chi connectivity index (χ3n) is 4.59. The predicted molar refractivity (Wildman–Crippen MR) is 85.8 cm³/mol. The molecule has 0 radical (unpaired) electrons. The minimum Gasteiger partial charge on any atom is -0.305 e. The summed E-state index contributed by atoms with van der Waals surface area (Å²) in [5, 5.41) is 0. The lowest BCUT2D eigenvalue weighted by molar-refractivity contribution is -0.117. The van der Waals surface area contributed by atoms with E-state index in [1.54, 1.807) is 12.4 Å². The molecule has 1 amide bonds. The van der Waals surface area contributed by atoms with Gasteiger partial charge < -0.3 is 4.90 Å². The highest BCUT2D eigenvalue weighted by molar-refractivity contribution is 7.11. The first-order valence-corrected chi connectivity index (χ1v) is 8.40. The molecule has 2 aromatic heterocycles. The van der Waals surface area contributed by atoms with Crippen LogP contribution >= 0.6 is 11.3 Å². The summed E-state index contributed by atoms with van der Waals surface area (Å²) in [6, 6.07) is 4.95. The molecule has 0 spiro atoms. The van der Waals surface area contributed by atoms with Crippen LogP contribution in [0, 0.1) is 6.92 Å². The molecule has 0 aromatic carbocycles. The van der Waals surface area contributed by atoms with Crippen molar-refractivity contribution in [3.05, 3.63) is 40.6 Å². The first-order chi connectivity index (χ1) is 10.7. The highest BCUT2D eigenvalue weighted by Gasteiger charge is 2.47. The zero-order valence-corrected chi connectivity index (χ0v) is 13.3. The van der Waals surface area contributed by atoms with E-state index in [0.717, 1.165) is 25.2 Å². The molecule has 0 saturated carbocycles. The topological polar surface area (TPSA) is 49.3 Å². The molecule has 2 aliphatic heterocycles. The van der Waals surface area contributed by atoms with Crippen LogP contribution in [0.2, 0.25) is 0 Å². The molecule has 2 saturated heterocycles. The van der Waals surface area contributed by atoms with Crippen molar-refractivity contribution in [3.8, 4) is 0 Å². The highest BCUT2D eigenvalue weighted by Crippen LogP contribution is 2.36. The molecule has 2 atom stereocenters. The maximum absolute atomic E-state index is 12.4. The molecule has 0 N–H and O–H groups in total. The Bertz CT molecular complexity index is 686. The first-order valence-electron chi connectivity index (χ1n) is 7.59. The van der Waals surface area contributed by atoms with Crippen LogP contribution in [-0.4, -0.2) is 39.4 Å². The van der Waals surface area contributed by atoms with Crippen molar-refractivity contribution in [3.63, 3.8) is 0 Å². The van der Waals surface area contributed by atoms with Crippen molar-refractivity contribution in [2.45, 2.75) is 38.4 Å². The summed E-state index contributed by atoms with van der Waals surface area (Å²) in [4.78, 5) is 27.6. The Morgan fingerprint density at radius 1 is 1.27 bits per heavy atom. The van der Waals surface area contributed by atoms with Crippen molar-refractivity contribution in [1.29, 1.82) is 0 Å². The summed E-state index contributed by atoms with van der Waals surface area (Å²) in [5.41, 5.74) is 0.828. The van der Waals surface area contributed by atoms with Crippen LogP contribution in [0.15, 0.2) is 30.9 Å². The minimum atomic E-state index is 0.192. The van der Waals surface area contributed by atoms with Gasteiger partial charge in [0.2, 0.25) is 5.91 Å². The Hall–Kier alpha value is -1.79. The van der Waals surface area contributed by atoms with Gasteiger partial charge >= 0.3 is 0 Å². The standard InChI is InChI=1S/C16H18N4OS/c1-11-2-3-13(22-11)9-19-5-4-14-15(19)6-16(21)20(14)12-7-17-10-18-8-12/h2-3,7-8,10,14-15H,4-6,9H2,1H3/t14-,15+/m1/s1. The van der Waals surface area contributed by atoms with Crippen molar-refractivity contribution in [2.24, 2.45) is 0 Å². The van der Waals surface area contributed by atoms with Crippen LogP contribution in [0.4, 0.5) is 5.69 Å². The molecule has 0 bridgehead atoms. The van der Waals surface area contributed by atoms with Gasteiger partial charge in [0.1, 0.15) is 6.33 Å². The van der Waals surface area contributed by atoms with Gasteiger partial charge in [-0.15, -0.1) is 11.3 Å². The molecule has 114 valence electrons. The Balaban J connectivity index is 1.54. The number of aryl methyl sites for hydroxylation is 1. The summed E-state index contributed by atoms with van der Waals surface area (Å²) in [7, 11) is 0. The van der Waals surface area contributed by atoms with E-state index >= 15 is 0 Å². The number of rotatable bonds is 3. The molecule has 6 heteroatoms. The van der Waals surface area contributed by atoms with E-state index in [9.17, 15) is 4.79 Å². The summed E-state index contributed by atoms with van der Waals surface area (Å²) in [6.07, 6.45) is 6.60. The average molecular weight is 314 g/mol. The van der Waals surface area contributed by atoms with Gasteiger partial charge in [0.05, 0.1) is 24.1 Å². The summed E-state index contributed by atoms with van der Waals surface area (Å²) in [6.45, 7) is 4.13. The van der Waals surface area contributed by atoms with Gasteiger partial charge in [-0.25, -0.2) is 9.97 Å². The lowest BCUT2D eigenvalue weighted by atomic mass is 10.1. The molecule has 2 aliphatic rings. The zero-order chi connectivity index (χ0) is 15.1. The molecular weight excluding hydrogens is 296 g/mol. The first kappa shape index (κ1) is 13.8. The number of carbonyl (C=O) groups excluding carboxylic acids is 1. The van der Waals surface area contributed by atoms with Gasteiger partial charge in [-0.3, -0.25) is 9.69 Å². The second kappa shape index (κ2) is 5.44. The molecule has 22 heavy (non-hydrogen) atoms. The smallest absolute Gasteiger partial charge is 0.229 e. The average Bonchev–Trinajstić information content (AvgIpc) is 3.17. The molecule has 5 nitrogen and oxygen atoms in total. The number of likely N-dealkylation sites (tertiary alicyclic amines) is 1. The largest absolute Gasteiger partial charge is 0.305 e. The van der Waals surface area contributed by atoms with Crippen molar-refractivity contribution >= 4 is 22.9 Å². The fourth-order valence-electron chi connectivity index (χ4n) is 3.65. The lowest BCUT2D eigenvalue weighted by Crippen LogP contribution is -2.37. The number of anilines is 1. The number of amides is 1. The van der Waals surface area contributed by atoms with Gasteiger partial charge in [-0.1, -0.05) is 0 Å². The van der Waals surface area contributed by atoms with E-state index in [2.05, 4.69) is 33.9 Å². The van der Waals surface area contributed by atoms with Crippen LogP contribution in [0.25, 0.3) is 0 Å². The minimum absolute atomic E-state index is 0.192. The molecule has 4 rings (SSSR count). The van der Waals surface area contributed by atoms with Gasteiger partial charge in [0, 0.05) is 35.3 Å². The SMILES string of the molecule is Cc1ccc(CN2CC[C@@H]3[C@@H]2CC(=O)N3c2cncnc2)s1.